The van der Waals surface area contributed by atoms with Crippen LogP contribution in [0.2, 0.25) is 0 Å². The van der Waals surface area contributed by atoms with E-state index in [2.05, 4.69) is 41.9 Å². The lowest BCUT2D eigenvalue weighted by atomic mass is 10.2. The van der Waals surface area contributed by atoms with Crippen molar-refractivity contribution in [3.05, 3.63) is 31.4 Å². The number of halogens is 2. The monoisotopic (exact) mass is 411 g/mol. The van der Waals surface area contributed by atoms with Crippen LogP contribution >= 0.6 is 31.9 Å². The van der Waals surface area contributed by atoms with E-state index in [1.165, 1.54) is 4.31 Å². The first-order valence-corrected chi connectivity index (χ1v) is 8.89. The average molecular weight is 413 g/mol. The summed E-state index contributed by atoms with van der Waals surface area (Å²) < 4.78 is 31.2. The SMILES string of the molecule is Cc1cc(Br)c([N-]S(=O)(=O)N2CC[NH2+]CC2)c(Br)c1. The first-order valence-electron chi connectivity index (χ1n) is 5.90. The van der Waals surface area contributed by atoms with Gasteiger partial charge < -0.3 is 10.0 Å². The van der Waals surface area contributed by atoms with Gasteiger partial charge in [0.25, 0.3) is 0 Å². The molecule has 1 aromatic carbocycles. The van der Waals surface area contributed by atoms with Crippen LogP contribution in [0.15, 0.2) is 21.1 Å². The van der Waals surface area contributed by atoms with Crippen LogP contribution in [-0.2, 0) is 10.2 Å². The van der Waals surface area contributed by atoms with Gasteiger partial charge in [-0.05, 0) is 24.6 Å². The normalized spacial score (nSPS) is 17.4. The predicted molar refractivity (Wildman–Crippen MR) is 81.8 cm³/mol. The van der Waals surface area contributed by atoms with Gasteiger partial charge in [0.05, 0.1) is 26.2 Å². The molecule has 0 saturated carbocycles. The lowest BCUT2D eigenvalue weighted by Gasteiger charge is -2.34. The molecule has 8 heteroatoms. The van der Waals surface area contributed by atoms with Crippen LogP contribution in [0.3, 0.4) is 0 Å². The number of nitrogens with two attached hydrogens (primary N) is 1. The highest BCUT2D eigenvalue weighted by atomic mass is 79.9. The molecule has 0 amide bonds. The molecule has 0 aromatic heterocycles. The van der Waals surface area contributed by atoms with E-state index in [-0.39, 0.29) is 0 Å². The Kier molecular flexibility index (Phi) is 4.88. The number of aryl methyl sites for hydroxylation is 1. The highest BCUT2D eigenvalue weighted by molar-refractivity contribution is 9.11. The number of hydrogen-bond acceptors (Lipinski definition) is 2. The molecule has 1 aliphatic heterocycles. The largest absolute Gasteiger partial charge is 0.562 e. The van der Waals surface area contributed by atoms with Crippen LogP contribution in [0.4, 0.5) is 5.69 Å². The van der Waals surface area contributed by atoms with Gasteiger partial charge in [0.15, 0.2) is 10.2 Å². The fourth-order valence-corrected chi connectivity index (χ4v) is 4.95. The van der Waals surface area contributed by atoms with Gasteiger partial charge in [0.2, 0.25) is 0 Å². The smallest absolute Gasteiger partial charge is 0.160 e. The molecule has 0 atom stereocenters. The van der Waals surface area contributed by atoms with E-state index in [0.29, 0.717) is 27.7 Å². The molecule has 1 aromatic rings. The average Bonchev–Trinajstić information content (AvgIpc) is 2.35. The first-order chi connectivity index (χ1) is 8.90. The van der Waals surface area contributed by atoms with Crippen molar-refractivity contribution in [1.29, 1.82) is 0 Å². The van der Waals surface area contributed by atoms with Crippen molar-refractivity contribution in [2.24, 2.45) is 0 Å². The van der Waals surface area contributed by atoms with E-state index < -0.39 is 10.2 Å². The third kappa shape index (κ3) is 3.69. The number of rotatable bonds is 3. The molecule has 0 bridgehead atoms. The summed E-state index contributed by atoms with van der Waals surface area (Å²) in [4.78, 5) is 0. The second-order valence-electron chi connectivity index (χ2n) is 4.41. The van der Waals surface area contributed by atoms with Crippen LogP contribution in [0.25, 0.3) is 4.72 Å². The Labute approximate surface area is 130 Å². The van der Waals surface area contributed by atoms with Gasteiger partial charge in [0.1, 0.15) is 0 Å². The van der Waals surface area contributed by atoms with Crippen LogP contribution in [0.1, 0.15) is 5.56 Å². The molecule has 2 rings (SSSR count). The van der Waals surface area contributed by atoms with E-state index in [0.717, 1.165) is 18.7 Å². The molecule has 19 heavy (non-hydrogen) atoms. The molecule has 106 valence electrons. The summed E-state index contributed by atoms with van der Waals surface area (Å²) in [6, 6.07) is 3.70. The van der Waals surface area contributed by atoms with Crippen molar-refractivity contribution in [3.8, 4) is 0 Å². The van der Waals surface area contributed by atoms with Crippen molar-refractivity contribution < 1.29 is 13.7 Å². The fourth-order valence-electron chi connectivity index (χ4n) is 1.91. The lowest BCUT2D eigenvalue weighted by Crippen LogP contribution is -2.89. The molecule has 1 aliphatic rings. The molecule has 2 N–H and O–H groups in total. The second kappa shape index (κ2) is 6.09. The zero-order valence-corrected chi connectivity index (χ0v) is 14.4. The van der Waals surface area contributed by atoms with E-state index in [1.54, 1.807) is 0 Å². The second-order valence-corrected chi connectivity index (χ2v) is 7.71. The number of piperazine rings is 1. The zero-order valence-electron chi connectivity index (χ0n) is 10.4. The minimum atomic E-state index is -3.62. The van der Waals surface area contributed by atoms with Gasteiger partial charge in [-0.2, -0.15) is 0 Å². The van der Waals surface area contributed by atoms with Gasteiger partial charge in [0, 0.05) is 8.95 Å². The maximum absolute atomic E-state index is 12.2. The number of hydrogen-bond donors (Lipinski definition) is 1. The molecule has 1 heterocycles. The van der Waals surface area contributed by atoms with Gasteiger partial charge in [-0.3, -0.25) is 0 Å². The summed E-state index contributed by atoms with van der Waals surface area (Å²) in [7, 11) is -3.62. The Balaban J connectivity index is 2.25. The fraction of sp³-hybridized carbons (Fsp3) is 0.455. The lowest BCUT2D eigenvalue weighted by molar-refractivity contribution is -0.661. The van der Waals surface area contributed by atoms with Crippen molar-refractivity contribution in [2.45, 2.75) is 6.92 Å². The summed E-state index contributed by atoms with van der Waals surface area (Å²) in [5, 5.41) is 2.10. The molecule has 0 unspecified atom stereocenters. The van der Waals surface area contributed by atoms with Crippen LogP contribution in [-0.4, -0.2) is 38.9 Å². The summed E-state index contributed by atoms with van der Waals surface area (Å²) >= 11 is 6.72. The number of nitrogens with zero attached hydrogens (tertiary/aromatic N) is 2. The summed E-state index contributed by atoms with van der Waals surface area (Å²) in [5.41, 5.74) is 1.45. The topological polar surface area (TPSA) is 68.1 Å². The van der Waals surface area contributed by atoms with Gasteiger partial charge in [-0.1, -0.05) is 37.5 Å². The van der Waals surface area contributed by atoms with E-state index in [9.17, 15) is 8.42 Å². The molecular weight excluding hydrogens is 398 g/mol. The highest BCUT2D eigenvalue weighted by Gasteiger charge is 2.19. The quantitative estimate of drug-likeness (QED) is 0.819. The molecule has 1 saturated heterocycles. The van der Waals surface area contributed by atoms with Crippen LogP contribution in [0, 0.1) is 6.92 Å². The van der Waals surface area contributed by atoms with Gasteiger partial charge in [-0.25, -0.2) is 12.7 Å². The maximum atomic E-state index is 12.2. The van der Waals surface area contributed by atoms with E-state index >= 15 is 0 Å². The van der Waals surface area contributed by atoms with E-state index in [4.69, 9.17) is 0 Å². The minimum Gasteiger partial charge on any atom is -0.562 e. The molecular formula is C11H15Br2N3O2S. The standard InChI is InChI=1S/C11H14Br2N3O2S/c1-8-6-9(12)11(10(13)7-8)15-19(17,18)16-4-2-14-3-5-16/h6-7,14H,2-5H2,1H3/q-1/p+1. The van der Waals surface area contributed by atoms with Crippen molar-refractivity contribution in [2.75, 3.05) is 26.2 Å². The van der Waals surface area contributed by atoms with Crippen LogP contribution < -0.4 is 5.32 Å². The van der Waals surface area contributed by atoms with Crippen molar-refractivity contribution >= 4 is 47.8 Å². The van der Waals surface area contributed by atoms with Gasteiger partial charge >= 0.3 is 0 Å². The summed E-state index contributed by atoms with van der Waals surface area (Å²) in [5.74, 6) is 0. The molecule has 5 nitrogen and oxygen atoms in total. The Morgan fingerprint density at radius 2 is 1.74 bits per heavy atom. The highest BCUT2D eigenvalue weighted by Crippen LogP contribution is 2.40. The molecule has 0 aliphatic carbocycles. The first kappa shape index (κ1) is 15.2. The van der Waals surface area contributed by atoms with Crippen molar-refractivity contribution in [3.63, 3.8) is 0 Å². The Hall–Kier alpha value is -0.150. The predicted octanol–water partition coefficient (Wildman–Crippen LogP) is 1.65. The maximum Gasteiger partial charge on any atom is 0.160 e. The van der Waals surface area contributed by atoms with E-state index in [1.807, 2.05) is 19.1 Å². The Bertz CT molecular complexity index is 548. The number of quaternary nitrogens is 1. The molecule has 0 radical (unpaired) electrons. The van der Waals surface area contributed by atoms with Crippen LogP contribution in [0.5, 0.6) is 0 Å². The third-order valence-electron chi connectivity index (χ3n) is 2.86. The molecule has 0 spiro atoms. The summed E-state index contributed by atoms with van der Waals surface area (Å²) in [6.45, 7) is 4.52. The van der Waals surface area contributed by atoms with Crippen molar-refractivity contribution in [1.82, 2.24) is 4.31 Å². The third-order valence-corrected chi connectivity index (χ3v) is 5.50. The molecule has 1 fully saturated rings. The Morgan fingerprint density at radius 1 is 1.21 bits per heavy atom. The zero-order chi connectivity index (χ0) is 14.0. The summed E-state index contributed by atoms with van der Waals surface area (Å²) in [6.07, 6.45) is 0. The minimum absolute atomic E-state index is 0.417. The Morgan fingerprint density at radius 3 is 2.26 bits per heavy atom. The van der Waals surface area contributed by atoms with Gasteiger partial charge in [-0.15, -0.1) is 0 Å². The number of benzene rings is 1.